The number of nitrogens with zero attached hydrogens (tertiary/aromatic N) is 2. The number of fused-ring (bicyclic) bond motifs is 1. The molecule has 3 aromatic rings. The highest BCUT2D eigenvalue weighted by molar-refractivity contribution is 9.10. The molecule has 0 radical (unpaired) electrons. The van der Waals surface area contributed by atoms with Gasteiger partial charge in [0, 0.05) is 27.1 Å². The number of hydrogen-bond acceptors (Lipinski definition) is 4. The van der Waals surface area contributed by atoms with Gasteiger partial charge in [0.1, 0.15) is 12.2 Å². The zero-order valence-corrected chi connectivity index (χ0v) is 14.9. The van der Waals surface area contributed by atoms with Crippen LogP contribution in [-0.4, -0.2) is 15.4 Å². The molecule has 0 aliphatic rings. The van der Waals surface area contributed by atoms with Gasteiger partial charge in [-0.05, 0) is 35.0 Å². The Morgan fingerprint density at radius 2 is 1.88 bits per heavy atom. The molecule has 0 atom stereocenters. The molecule has 1 heterocycles. The fraction of sp³-hybridized carbons (Fsp3) is 0.118. The van der Waals surface area contributed by atoms with Crippen molar-refractivity contribution < 1.29 is 9.72 Å². The topological polar surface area (TPSA) is 89.2 Å². The van der Waals surface area contributed by atoms with Crippen molar-refractivity contribution in [3.63, 3.8) is 0 Å². The second kappa shape index (κ2) is 6.94. The first-order valence-corrected chi connectivity index (χ1v) is 8.30. The molecule has 0 aliphatic carbocycles. The Morgan fingerprint density at radius 1 is 1.20 bits per heavy atom. The quantitative estimate of drug-likeness (QED) is 0.502. The Labute approximate surface area is 151 Å². The molecule has 8 heteroatoms. The molecule has 2 N–H and O–H groups in total. The summed E-state index contributed by atoms with van der Waals surface area (Å²) in [5.74, 6) is -0.311. The Kier molecular flexibility index (Phi) is 4.71. The van der Waals surface area contributed by atoms with Crippen LogP contribution in [0, 0.1) is 17.0 Å². The number of carbonyl (C=O) groups is 1. The number of rotatable bonds is 5. The second-order valence-corrected chi connectivity index (χ2v) is 6.24. The van der Waals surface area contributed by atoms with Gasteiger partial charge >= 0.3 is 0 Å². The Hall–Kier alpha value is -2.87. The van der Waals surface area contributed by atoms with E-state index >= 15 is 0 Å². The van der Waals surface area contributed by atoms with E-state index in [1.807, 2.05) is 35.8 Å². The van der Waals surface area contributed by atoms with Crippen molar-refractivity contribution in [2.75, 3.05) is 5.43 Å². The predicted octanol–water partition coefficient (Wildman–Crippen LogP) is 3.76. The molecule has 0 spiro atoms. The van der Waals surface area contributed by atoms with Gasteiger partial charge in [-0.25, -0.2) is 0 Å². The molecule has 0 fully saturated rings. The van der Waals surface area contributed by atoms with Crippen LogP contribution in [0.15, 0.2) is 53.0 Å². The number of nitrogens with one attached hydrogen (secondary N) is 2. The Morgan fingerprint density at radius 3 is 2.64 bits per heavy atom. The van der Waals surface area contributed by atoms with Crippen molar-refractivity contribution in [3.05, 3.63) is 68.8 Å². The maximum absolute atomic E-state index is 12.3. The van der Waals surface area contributed by atoms with E-state index in [0.29, 0.717) is 0 Å². The lowest BCUT2D eigenvalue weighted by molar-refractivity contribution is -0.384. The number of nitro groups is 1. The van der Waals surface area contributed by atoms with Gasteiger partial charge in [0.2, 0.25) is 0 Å². The third-order valence-electron chi connectivity index (χ3n) is 3.89. The first kappa shape index (κ1) is 17.0. The van der Waals surface area contributed by atoms with Crippen LogP contribution in [0.1, 0.15) is 5.69 Å². The highest BCUT2D eigenvalue weighted by Gasteiger charge is 2.15. The van der Waals surface area contributed by atoms with Crippen LogP contribution in [0.4, 0.5) is 11.4 Å². The Balaban J connectivity index is 1.76. The summed E-state index contributed by atoms with van der Waals surface area (Å²) in [7, 11) is 0. The molecule has 1 amide bonds. The first-order valence-electron chi connectivity index (χ1n) is 7.50. The molecule has 0 bridgehead atoms. The standard InChI is InChI=1S/C17H15BrN4O3/c1-11-17(18)12-6-2-4-8-14(12)21(11)10-16(23)20-19-13-7-3-5-9-15(13)22(24)25/h2-9,19H,10H2,1H3,(H,20,23). The molecule has 1 aromatic heterocycles. The summed E-state index contributed by atoms with van der Waals surface area (Å²) in [5.41, 5.74) is 7.14. The number of halogens is 1. The largest absolute Gasteiger partial charge is 0.334 e. The maximum Gasteiger partial charge on any atom is 0.294 e. The number of nitro benzene ring substituents is 1. The fourth-order valence-corrected chi connectivity index (χ4v) is 3.20. The van der Waals surface area contributed by atoms with Crippen LogP contribution in [0.2, 0.25) is 0 Å². The molecular weight excluding hydrogens is 388 g/mol. The number of benzene rings is 2. The SMILES string of the molecule is Cc1c(Br)c2ccccc2n1CC(=O)NNc1ccccc1[N+](=O)[O-]. The van der Waals surface area contributed by atoms with E-state index in [9.17, 15) is 14.9 Å². The summed E-state index contributed by atoms with van der Waals surface area (Å²) in [6, 6.07) is 13.9. The molecule has 0 aliphatic heterocycles. The summed E-state index contributed by atoms with van der Waals surface area (Å²) in [6.07, 6.45) is 0. The number of amides is 1. The van der Waals surface area contributed by atoms with Crippen LogP contribution < -0.4 is 10.9 Å². The van der Waals surface area contributed by atoms with Crippen LogP contribution >= 0.6 is 15.9 Å². The van der Waals surface area contributed by atoms with Crippen molar-refractivity contribution in [1.82, 2.24) is 9.99 Å². The molecule has 0 saturated heterocycles. The summed E-state index contributed by atoms with van der Waals surface area (Å²) in [5, 5.41) is 12.0. The molecular formula is C17H15BrN4O3. The molecule has 0 saturated carbocycles. The van der Waals surface area contributed by atoms with E-state index in [1.165, 1.54) is 12.1 Å². The molecule has 7 nitrogen and oxygen atoms in total. The molecule has 25 heavy (non-hydrogen) atoms. The fourth-order valence-electron chi connectivity index (χ4n) is 2.65. The summed E-state index contributed by atoms with van der Waals surface area (Å²) in [4.78, 5) is 22.8. The normalized spacial score (nSPS) is 10.6. The minimum Gasteiger partial charge on any atom is -0.334 e. The lowest BCUT2D eigenvalue weighted by Crippen LogP contribution is -2.33. The van der Waals surface area contributed by atoms with E-state index in [1.54, 1.807) is 12.1 Å². The van der Waals surface area contributed by atoms with Crippen molar-refractivity contribution in [2.45, 2.75) is 13.5 Å². The van der Waals surface area contributed by atoms with Gasteiger partial charge in [0.15, 0.2) is 0 Å². The monoisotopic (exact) mass is 402 g/mol. The van der Waals surface area contributed by atoms with E-state index in [0.717, 1.165) is 21.1 Å². The molecule has 2 aromatic carbocycles. The van der Waals surface area contributed by atoms with E-state index in [4.69, 9.17) is 0 Å². The molecule has 0 unspecified atom stereocenters. The number of anilines is 1. The van der Waals surface area contributed by atoms with Crippen LogP contribution in [0.25, 0.3) is 10.9 Å². The predicted molar refractivity (Wildman–Crippen MR) is 99.2 cm³/mol. The van der Waals surface area contributed by atoms with Gasteiger partial charge < -0.3 is 4.57 Å². The lowest BCUT2D eigenvalue weighted by Gasteiger charge is -2.11. The van der Waals surface area contributed by atoms with Gasteiger partial charge in [-0.3, -0.25) is 25.8 Å². The third kappa shape index (κ3) is 3.34. The smallest absolute Gasteiger partial charge is 0.294 e. The van der Waals surface area contributed by atoms with Crippen molar-refractivity contribution >= 4 is 44.1 Å². The van der Waals surface area contributed by atoms with E-state index in [-0.39, 0.29) is 23.8 Å². The zero-order chi connectivity index (χ0) is 18.0. The summed E-state index contributed by atoms with van der Waals surface area (Å²) < 4.78 is 2.83. The summed E-state index contributed by atoms with van der Waals surface area (Å²) >= 11 is 3.55. The average molecular weight is 403 g/mol. The van der Waals surface area contributed by atoms with Crippen molar-refractivity contribution in [3.8, 4) is 0 Å². The average Bonchev–Trinajstić information content (AvgIpc) is 2.85. The van der Waals surface area contributed by atoms with Crippen molar-refractivity contribution in [2.24, 2.45) is 0 Å². The first-order chi connectivity index (χ1) is 12.0. The minimum absolute atomic E-state index is 0.0889. The van der Waals surface area contributed by atoms with Gasteiger partial charge in [0.05, 0.1) is 4.92 Å². The highest BCUT2D eigenvalue weighted by Crippen LogP contribution is 2.30. The number of carbonyl (C=O) groups excluding carboxylic acids is 1. The third-order valence-corrected chi connectivity index (χ3v) is 4.89. The lowest BCUT2D eigenvalue weighted by atomic mass is 10.2. The Bertz CT molecular complexity index is 968. The van der Waals surface area contributed by atoms with Crippen molar-refractivity contribution in [1.29, 1.82) is 0 Å². The van der Waals surface area contributed by atoms with Crippen LogP contribution in [0.3, 0.4) is 0 Å². The number of para-hydroxylation sites is 3. The molecule has 128 valence electrons. The van der Waals surface area contributed by atoms with E-state index < -0.39 is 4.92 Å². The van der Waals surface area contributed by atoms with Gasteiger partial charge in [-0.2, -0.15) is 0 Å². The van der Waals surface area contributed by atoms with Gasteiger partial charge in [0.25, 0.3) is 11.6 Å². The second-order valence-electron chi connectivity index (χ2n) is 5.45. The minimum atomic E-state index is -0.505. The zero-order valence-electron chi connectivity index (χ0n) is 13.3. The van der Waals surface area contributed by atoms with Crippen LogP contribution in [0.5, 0.6) is 0 Å². The number of aromatic nitrogens is 1. The number of hydrogen-bond donors (Lipinski definition) is 2. The van der Waals surface area contributed by atoms with E-state index in [2.05, 4.69) is 26.8 Å². The maximum atomic E-state index is 12.3. The van der Waals surface area contributed by atoms with Gasteiger partial charge in [-0.1, -0.05) is 30.3 Å². The highest BCUT2D eigenvalue weighted by atomic mass is 79.9. The molecule has 3 rings (SSSR count). The van der Waals surface area contributed by atoms with Crippen LogP contribution in [-0.2, 0) is 11.3 Å². The number of hydrazine groups is 1. The van der Waals surface area contributed by atoms with Gasteiger partial charge in [-0.15, -0.1) is 0 Å². The summed E-state index contributed by atoms with van der Waals surface area (Å²) in [6.45, 7) is 2.01.